The van der Waals surface area contributed by atoms with Crippen LogP contribution in [0.2, 0.25) is 0 Å². The van der Waals surface area contributed by atoms with Gasteiger partial charge in [-0.2, -0.15) is 0 Å². The van der Waals surface area contributed by atoms with Crippen molar-refractivity contribution in [1.82, 2.24) is 4.90 Å². The number of nitrogens with zero attached hydrogens (tertiary/aromatic N) is 2. The number of fused-ring (bicyclic) bond motifs is 2. The van der Waals surface area contributed by atoms with Gasteiger partial charge in [-0.1, -0.05) is 12.1 Å². The smallest absolute Gasteiger partial charge is 0.340 e. The Balaban J connectivity index is 1.24. The summed E-state index contributed by atoms with van der Waals surface area (Å²) in [5.41, 5.74) is -5.13. The molecule has 2 heterocycles. The van der Waals surface area contributed by atoms with Crippen LogP contribution in [0.1, 0.15) is 48.9 Å². The van der Waals surface area contributed by atoms with Gasteiger partial charge in [-0.05, 0) is 37.3 Å². The number of rotatable bonds is 9. The topological polar surface area (TPSA) is 161 Å². The van der Waals surface area contributed by atoms with E-state index in [9.17, 15) is 29.4 Å². The number of esters is 1. The molecular formula is C35H44N2O11. The second-order valence-corrected chi connectivity index (χ2v) is 15.1. The summed E-state index contributed by atoms with van der Waals surface area (Å²) in [4.78, 5) is 54.9. The van der Waals surface area contributed by atoms with Crippen molar-refractivity contribution in [1.29, 1.82) is 0 Å². The Morgan fingerprint density at radius 1 is 1.02 bits per heavy atom. The van der Waals surface area contributed by atoms with Crippen molar-refractivity contribution in [2.24, 2.45) is 34.5 Å². The van der Waals surface area contributed by atoms with Crippen LogP contribution >= 0.6 is 0 Å². The second kappa shape index (κ2) is 10.8. The standard InChI is InChI=1S/C35H44N2O11/c1-44-22-14-33(42)26-20(13-19(22)27(26)46-3)34-23(45-2)11-12-32(15-36(17-38)31(34)35(33,43)29(47-4)28(32)34)16-48-30(41)18-7-5-6-8-21(18)37-24(39)9-10-25(37)40/h5-8,17,19-20,22-23,26-29,31,42-43H,9-16H2,1-4H3/t19-,20?,22+,23+,26?,27+,28?,29+,31?,32+,33-,34+,35+/m1/s1. The maximum Gasteiger partial charge on any atom is 0.340 e. The summed E-state index contributed by atoms with van der Waals surface area (Å²) in [7, 11) is 6.41. The van der Waals surface area contributed by atoms with Gasteiger partial charge >= 0.3 is 5.97 Å². The zero-order valence-corrected chi connectivity index (χ0v) is 27.7. The molecule has 5 aliphatic carbocycles. The van der Waals surface area contributed by atoms with Crippen molar-refractivity contribution in [3.8, 4) is 0 Å². The number of benzene rings is 1. The minimum Gasteiger partial charge on any atom is -0.461 e. The molecule has 7 fully saturated rings. The lowest BCUT2D eigenvalue weighted by Gasteiger charge is -2.69. The van der Waals surface area contributed by atoms with Crippen LogP contribution in [0.3, 0.4) is 0 Å². The first-order valence-electron chi connectivity index (χ1n) is 16.9. The van der Waals surface area contributed by atoms with Gasteiger partial charge in [0.15, 0.2) is 0 Å². The summed E-state index contributed by atoms with van der Waals surface area (Å²) in [6.07, 6.45) is 0.620. The lowest BCUT2D eigenvalue weighted by molar-refractivity contribution is -0.315. The molecule has 1 aromatic carbocycles. The number of aliphatic hydroxyl groups is 2. The van der Waals surface area contributed by atoms with E-state index in [1.54, 1.807) is 44.4 Å². The van der Waals surface area contributed by atoms with Crippen molar-refractivity contribution < 1.29 is 53.1 Å². The molecular weight excluding hydrogens is 624 g/mol. The Bertz CT molecular complexity index is 1540. The number of carbonyl (C=O) groups is 4. The molecule has 0 aromatic heterocycles. The van der Waals surface area contributed by atoms with E-state index >= 15 is 0 Å². The predicted molar refractivity (Wildman–Crippen MR) is 165 cm³/mol. The number of piperidine rings is 1. The molecule has 13 heteroatoms. The fourth-order valence-corrected chi connectivity index (χ4v) is 12.7. The Hall–Kier alpha value is -2.94. The minimum absolute atomic E-state index is 0.0434. The van der Waals surface area contributed by atoms with Crippen molar-refractivity contribution >= 4 is 29.9 Å². The summed E-state index contributed by atoms with van der Waals surface area (Å²) in [5, 5.41) is 26.3. The summed E-state index contributed by atoms with van der Waals surface area (Å²) >= 11 is 0. The van der Waals surface area contributed by atoms with Crippen LogP contribution in [-0.4, -0.2) is 123 Å². The van der Waals surface area contributed by atoms with Crippen LogP contribution in [0.25, 0.3) is 0 Å². The highest BCUT2D eigenvalue weighted by atomic mass is 16.5. The van der Waals surface area contributed by atoms with Crippen molar-refractivity contribution in [2.75, 3.05) is 46.5 Å². The Kier molecular flexibility index (Phi) is 7.25. The largest absolute Gasteiger partial charge is 0.461 e. The lowest BCUT2D eigenvalue weighted by Crippen LogP contribution is -2.82. The van der Waals surface area contributed by atoms with E-state index in [1.165, 1.54) is 13.2 Å². The molecule has 2 saturated heterocycles. The summed E-state index contributed by atoms with van der Waals surface area (Å²) in [6.45, 7) is 0.0497. The molecule has 260 valence electrons. The van der Waals surface area contributed by atoms with E-state index in [4.69, 9.17) is 23.7 Å². The summed E-state index contributed by atoms with van der Waals surface area (Å²) < 4.78 is 30.8. The first-order valence-corrected chi connectivity index (χ1v) is 16.9. The average Bonchev–Trinajstić information content (AvgIpc) is 3.66. The number of ether oxygens (including phenoxy) is 5. The van der Waals surface area contributed by atoms with E-state index in [1.807, 2.05) is 0 Å². The molecule has 4 unspecified atom stereocenters. The highest BCUT2D eigenvalue weighted by Gasteiger charge is 2.92. The van der Waals surface area contributed by atoms with Gasteiger partial charge in [0, 0.05) is 82.8 Å². The van der Waals surface area contributed by atoms with Gasteiger partial charge in [0.05, 0.1) is 48.3 Å². The molecule has 2 aliphatic heterocycles. The van der Waals surface area contributed by atoms with Crippen LogP contribution < -0.4 is 4.90 Å². The van der Waals surface area contributed by atoms with Gasteiger partial charge in [-0.25, -0.2) is 9.69 Å². The molecule has 0 radical (unpaired) electrons. The Morgan fingerprint density at radius 3 is 2.40 bits per heavy atom. The number of para-hydroxylation sites is 1. The highest BCUT2D eigenvalue weighted by Crippen LogP contribution is 2.80. The molecule has 5 saturated carbocycles. The van der Waals surface area contributed by atoms with E-state index in [2.05, 4.69) is 0 Å². The van der Waals surface area contributed by atoms with Gasteiger partial charge in [-0.3, -0.25) is 14.4 Å². The number of carbonyl (C=O) groups excluding carboxylic acids is 4. The Morgan fingerprint density at radius 2 is 1.75 bits per heavy atom. The molecule has 13 atom stereocenters. The molecule has 1 aromatic rings. The number of imide groups is 1. The maximum absolute atomic E-state index is 13.9. The molecule has 7 bridgehead atoms. The van der Waals surface area contributed by atoms with Crippen LogP contribution in [-0.2, 0) is 38.1 Å². The number of anilines is 1. The van der Waals surface area contributed by atoms with Crippen LogP contribution in [0.15, 0.2) is 24.3 Å². The molecule has 13 nitrogen and oxygen atoms in total. The second-order valence-electron chi connectivity index (χ2n) is 15.1. The fraction of sp³-hybridized carbons (Fsp3) is 0.714. The monoisotopic (exact) mass is 668 g/mol. The third-order valence-corrected chi connectivity index (χ3v) is 13.9. The molecule has 3 amide bonds. The third-order valence-electron chi connectivity index (χ3n) is 13.9. The molecule has 48 heavy (non-hydrogen) atoms. The highest BCUT2D eigenvalue weighted by molar-refractivity contribution is 6.21. The lowest BCUT2D eigenvalue weighted by atomic mass is 9.42. The van der Waals surface area contributed by atoms with Crippen molar-refractivity contribution in [3.63, 3.8) is 0 Å². The van der Waals surface area contributed by atoms with Crippen LogP contribution in [0.4, 0.5) is 5.69 Å². The Labute approximate surface area is 278 Å². The van der Waals surface area contributed by atoms with Gasteiger partial charge in [0.25, 0.3) is 0 Å². The average molecular weight is 669 g/mol. The minimum atomic E-state index is -1.92. The number of amides is 3. The number of methoxy groups -OCH3 is 4. The van der Waals surface area contributed by atoms with Gasteiger partial charge in [-0.15, -0.1) is 0 Å². The van der Waals surface area contributed by atoms with Crippen LogP contribution in [0.5, 0.6) is 0 Å². The van der Waals surface area contributed by atoms with E-state index in [0.717, 1.165) is 11.3 Å². The first-order chi connectivity index (χ1) is 23.0. The summed E-state index contributed by atoms with van der Waals surface area (Å²) in [5.74, 6) is -2.69. The van der Waals surface area contributed by atoms with E-state index in [0.29, 0.717) is 19.3 Å². The first kappa shape index (κ1) is 32.3. The molecule has 7 aliphatic rings. The quantitative estimate of drug-likeness (QED) is 0.219. The predicted octanol–water partition coefficient (Wildman–Crippen LogP) is 0.926. The molecule has 1 spiro atoms. The molecule has 8 rings (SSSR count). The third kappa shape index (κ3) is 3.57. The summed E-state index contributed by atoms with van der Waals surface area (Å²) in [6, 6.07) is 5.55. The van der Waals surface area contributed by atoms with E-state index < -0.39 is 64.2 Å². The van der Waals surface area contributed by atoms with Crippen molar-refractivity contribution in [3.05, 3.63) is 29.8 Å². The number of hydrogen-bond donors (Lipinski definition) is 2. The maximum atomic E-state index is 13.9. The van der Waals surface area contributed by atoms with Crippen LogP contribution in [0, 0.1) is 34.5 Å². The van der Waals surface area contributed by atoms with Gasteiger partial charge < -0.3 is 38.8 Å². The zero-order valence-electron chi connectivity index (χ0n) is 27.7. The van der Waals surface area contributed by atoms with Gasteiger partial charge in [0.1, 0.15) is 11.2 Å². The number of likely N-dealkylation sites (tertiary alicyclic amines) is 1. The SMILES string of the molecule is CO[C@H]1C[C@@]2(O)C3C(C[C@H]1[C@@H]3OC)[C@]13C4[C@H](OC)[C@]2(O)C1N(C=O)C[C@]4(COC(=O)c1ccccc1N1C(=O)CCC1=O)CC[C@@H]3OC. The normalized spacial score (nSPS) is 46.7. The van der Waals surface area contributed by atoms with Gasteiger partial charge in [0.2, 0.25) is 18.2 Å². The van der Waals surface area contributed by atoms with E-state index in [-0.39, 0.29) is 73.4 Å². The zero-order chi connectivity index (χ0) is 34.0. The van der Waals surface area contributed by atoms with Crippen molar-refractivity contribution in [2.45, 2.75) is 80.2 Å². The fourth-order valence-electron chi connectivity index (χ4n) is 12.7. The number of hydrogen-bond acceptors (Lipinski definition) is 11. The molecule has 2 N–H and O–H groups in total.